The molecule has 5 aromatic carbocycles. The SMILES string of the molecule is COc1ccc(C#Cc2cc3c(C)cc(C)c4ccc5cc(C(C)(C)C)cc2c5c43)cc1. The van der Waals surface area contributed by atoms with Crippen LogP contribution in [-0.2, 0) is 5.41 Å². The number of rotatable bonds is 1. The maximum atomic E-state index is 5.28. The predicted octanol–water partition coefficient (Wildman–Crippen LogP) is 7.91. The zero-order valence-electron chi connectivity index (χ0n) is 19.7. The maximum Gasteiger partial charge on any atom is 0.118 e. The van der Waals surface area contributed by atoms with Gasteiger partial charge in [0.25, 0.3) is 0 Å². The molecule has 32 heavy (non-hydrogen) atoms. The molecule has 0 bridgehead atoms. The van der Waals surface area contributed by atoms with E-state index < -0.39 is 0 Å². The molecule has 0 aliphatic rings. The Morgan fingerprint density at radius 3 is 2.09 bits per heavy atom. The minimum atomic E-state index is 0.0664. The van der Waals surface area contributed by atoms with Crippen LogP contribution in [0.25, 0.3) is 32.3 Å². The summed E-state index contributed by atoms with van der Waals surface area (Å²) in [6.45, 7) is 11.2. The Balaban J connectivity index is 1.86. The molecule has 5 rings (SSSR count). The fraction of sp³-hybridized carbons (Fsp3) is 0.226. The summed E-state index contributed by atoms with van der Waals surface area (Å²) in [7, 11) is 1.68. The van der Waals surface area contributed by atoms with Crippen molar-refractivity contribution in [2.45, 2.75) is 40.0 Å². The maximum absolute atomic E-state index is 5.28. The minimum absolute atomic E-state index is 0.0664. The Morgan fingerprint density at radius 1 is 0.688 bits per heavy atom. The molecule has 0 unspecified atom stereocenters. The molecule has 0 saturated heterocycles. The summed E-state index contributed by atoms with van der Waals surface area (Å²) in [6, 6.07) is 21.8. The highest BCUT2D eigenvalue weighted by atomic mass is 16.5. The van der Waals surface area contributed by atoms with Crippen LogP contribution in [0.4, 0.5) is 0 Å². The fourth-order valence-corrected chi connectivity index (χ4v) is 4.72. The van der Waals surface area contributed by atoms with E-state index in [1.807, 2.05) is 24.3 Å². The van der Waals surface area contributed by atoms with Crippen molar-refractivity contribution in [2.24, 2.45) is 0 Å². The Morgan fingerprint density at radius 2 is 1.41 bits per heavy atom. The van der Waals surface area contributed by atoms with Gasteiger partial charge in [-0.25, -0.2) is 0 Å². The summed E-state index contributed by atoms with van der Waals surface area (Å²) < 4.78 is 5.28. The lowest BCUT2D eigenvalue weighted by Crippen LogP contribution is -2.11. The van der Waals surface area contributed by atoms with E-state index >= 15 is 0 Å². The molecule has 0 aliphatic heterocycles. The highest BCUT2D eigenvalue weighted by Gasteiger charge is 2.19. The molecular formula is C31H28O. The predicted molar refractivity (Wildman–Crippen MR) is 137 cm³/mol. The van der Waals surface area contributed by atoms with Crippen LogP contribution >= 0.6 is 0 Å². The van der Waals surface area contributed by atoms with Crippen molar-refractivity contribution in [3.63, 3.8) is 0 Å². The molecule has 0 saturated carbocycles. The number of aryl methyl sites for hydroxylation is 2. The van der Waals surface area contributed by atoms with Crippen LogP contribution in [-0.4, -0.2) is 7.11 Å². The van der Waals surface area contributed by atoms with E-state index in [1.54, 1.807) is 7.11 Å². The van der Waals surface area contributed by atoms with Gasteiger partial charge in [0.05, 0.1) is 7.11 Å². The second-order valence-corrected chi connectivity index (χ2v) is 9.82. The molecule has 0 aliphatic carbocycles. The quantitative estimate of drug-likeness (QED) is 0.199. The molecular weight excluding hydrogens is 388 g/mol. The lowest BCUT2D eigenvalue weighted by molar-refractivity contribution is 0.415. The van der Waals surface area contributed by atoms with E-state index in [0.717, 1.165) is 16.9 Å². The van der Waals surface area contributed by atoms with Gasteiger partial charge in [0.1, 0.15) is 5.75 Å². The van der Waals surface area contributed by atoms with Crippen molar-refractivity contribution in [3.05, 3.63) is 88.5 Å². The third-order valence-corrected chi connectivity index (χ3v) is 6.55. The second-order valence-electron chi connectivity index (χ2n) is 9.82. The topological polar surface area (TPSA) is 9.23 Å². The number of hydrogen-bond acceptors (Lipinski definition) is 1. The van der Waals surface area contributed by atoms with Crippen molar-refractivity contribution in [2.75, 3.05) is 7.11 Å². The molecule has 0 heterocycles. The molecule has 0 aromatic heterocycles. The number of methoxy groups -OCH3 is 1. The average Bonchev–Trinajstić information content (AvgIpc) is 2.77. The highest BCUT2D eigenvalue weighted by molar-refractivity contribution is 6.25. The summed E-state index contributed by atoms with van der Waals surface area (Å²) in [5.41, 5.74) is 6.11. The molecule has 0 amide bonds. The van der Waals surface area contributed by atoms with Gasteiger partial charge in [-0.05, 0) is 105 Å². The Kier molecular flexibility index (Phi) is 4.64. The lowest BCUT2D eigenvalue weighted by Gasteiger charge is -2.22. The third kappa shape index (κ3) is 3.28. The van der Waals surface area contributed by atoms with Gasteiger partial charge >= 0.3 is 0 Å². The molecule has 1 nitrogen and oxygen atoms in total. The molecule has 0 spiro atoms. The molecule has 0 N–H and O–H groups in total. The van der Waals surface area contributed by atoms with E-state index in [1.165, 1.54) is 49.0 Å². The van der Waals surface area contributed by atoms with Gasteiger partial charge in [0, 0.05) is 11.1 Å². The molecule has 5 aromatic rings. The Labute approximate surface area is 190 Å². The van der Waals surface area contributed by atoms with Crippen molar-refractivity contribution < 1.29 is 4.74 Å². The third-order valence-electron chi connectivity index (χ3n) is 6.55. The van der Waals surface area contributed by atoms with Crippen LogP contribution in [0.5, 0.6) is 5.75 Å². The van der Waals surface area contributed by atoms with Gasteiger partial charge in [-0.2, -0.15) is 0 Å². The Hall–Kier alpha value is -3.50. The molecule has 0 fully saturated rings. The van der Waals surface area contributed by atoms with Crippen LogP contribution in [0.1, 0.15) is 48.6 Å². The number of benzene rings is 5. The first-order chi connectivity index (χ1) is 15.3. The van der Waals surface area contributed by atoms with Gasteiger partial charge in [-0.1, -0.05) is 56.9 Å². The van der Waals surface area contributed by atoms with Crippen LogP contribution in [0, 0.1) is 25.7 Å². The number of ether oxygens (including phenoxy) is 1. The van der Waals surface area contributed by atoms with Crippen LogP contribution in [0.2, 0.25) is 0 Å². The summed E-state index contributed by atoms with van der Waals surface area (Å²) in [6.07, 6.45) is 0. The summed E-state index contributed by atoms with van der Waals surface area (Å²) in [5.74, 6) is 7.74. The first kappa shape index (κ1) is 20.4. The van der Waals surface area contributed by atoms with Gasteiger partial charge in [0.15, 0.2) is 0 Å². The van der Waals surface area contributed by atoms with Gasteiger partial charge in [0.2, 0.25) is 0 Å². The van der Waals surface area contributed by atoms with E-state index in [-0.39, 0.29) is 5.41 Å². The smallest absolute Gasteiger partial charge is 0.118 e. The summed E-state index contributed by atoms with van der Waals surface area (Å²) in [4.78, 5) is 0. The van der Waals surface area contributed by atoms with E-state index in [4.69, 9.17) is 4.74 Å². The van der Waals surface area contributed by atoms with Gasteiger partial charge < -0.3 is 4.74 Å². The largest absolute Gasteiger partial charge is 0.497 e. The molecule has 0 atom stereocenters. The lowest BCUT2D eigenvalue weighted by atomic mass is 9.81. The standard InChI is InChI=1S/C31H28O/c1-19-15-20(2)27-17-22(10-7-21-8-12-25(32-6)13-9-21)28-18-24(31(3,4)5)16-23-11-14-26(19)30(27)29(23)28/h8-9,11-18H,1-6H3. The number of hydrogen-bond donors (Lipinski definition) is 0. The summed E-state index contributed by atoms with van der Waals surface area (Å²) >= 11 is 0. The monoisotopic (exact) mass is 416 g/mol. The van der Waals surface area contributed by atoms with Gasteiger partial charge in [-0.3, -0.25) is 0 Å². The van der Waals surface area contributed by atoms with Gasteiger partial charge in [-0.15, -0.1) is 0 Å². The molecule has 158 valence electrons. The zero-order chi connectivity index (χ0) is 22.6. The van der Waals surface area contributed by atoms with E-state index in [0.29, 0.717) is 0 Å². The van der Waals surface area contributed by atoms with Crippen LogP contribution in [0.15, 0.2) is 60.7 Å². The molecule has 0 radical (unpaired) electrons. The van der Waals surface area contributed by atoms with Crippen LogP contribution in [0.3, 0.4) is 0 Å². The average molecular weight is 417 g/mol. The fourth-order valence-electron chi connectivity index (χ4n) is 4.72. The van der Waals surface area contributed by atoms with Crippen molar-refractivity contribution in [3.8, 4) is 17.6 Å². The van der Waals surface area contributed by atoms with Crippen LogP contribution < -0.4 is 4.74 Å². The molecule has 1 heteroatoms. The normalized spacial score (nSPS) is 11.8. The summed E-state index contributed by atoms with van der Waals surface area (Å²) in [5, 5.41) is 7.87. The Bertz CT molecular complexity index is 1530. The highest BCUT2D eigenvalue weighted by Crippen LogP contribution is 2.41. The van der Waals surface area contributed by atoms with Crippen molar-refractivity contribution in [1.82, 2.24) is 0 Å². The first-order valence-electron chi connectivity index (χ1n) is 11.2. The van der Waals surface area contributed by atoms with E-state index in [9.17, 15) is 0 Å². The second kappa shape index (κ2) is 7.28. The van der Waals surface area contributed by atoms with E-state index in [2.05, 4.69) is 82.9 Å². The van der Waals surface area contributed by atoms with Crippen molar-refractivity contribution >= 4 is 32.3 Å². The van der Waals surface area contributed by atoms with Crippen molar-refractivity contribution in [1.29, 1.82) is 0 Å². The first-order valence-corrected chi connectivity index (χ1v) is 11.2. The minimum Gasteiger partial charge on any atom is -0.497 e. The zero-order valence-corrected chi connectivity index (χ0v) is 19.7.